The van der Waals surface area contributed by atoms with Gasteiger partial charge in [-0.25, -0.2) is 0 Å². The van der Waals surface area contributed by atoms with Crippen molar-refractivity contribution in [3.8, 4) is 40.2 Å². The lowest BCUT2D eigenvalue weighted by Crippen LogP contribution is -1.94. The Balaban J connectivity index is 1.82. The minimum absolute atomic E-state index is 0.0425. The van der Waals surface area contributed by atoms with E-state index in [0.29, 0.717) is 5.56 Å². The summed E-state index contributed by atoms with van der Waals surface area (Å²) >= 11 is 0. The Morgan fingerprint density at radius 3 is 2.41 bits per heavy atom. The molecule has 11 heteroatoms. The highest BCUT2D eigenvalue weighted by molar-refractivity contribution is 5.67. The normalized spacial score (nSPS) is 10.8. The zero-order chi connectivity index (χ0) is 19.7. The van der Waals surface area contributed by atoms with Crippen molar-refractivity contribution in [2.45, 2.75) is 12.8 Å². The fourth-order valence-corrected chi connectivity index (χ4v) is 2.40. The molecule has 1 heterocycles. The maximum absolute atomic E-state index is 10.9. The average Bonchev–Trinajstić information content (AvgIpc) is 3.10. The van der Waals surface area contributed by atoms with Crippen LogP contribution in [0.15, 0.2) is 28.8 Å². The number of phenols is 5. The molecule has 1 aromatic heterocycles. The van der Waals surface area contributed by atoms with E-state index in [9.17, 15) is 35.6 Å². The Morgan fingerprint density at radius 1 is 0.963 bits per heavy atom. The van der Waals surface area contributed by atoms with Gasteiger partial charge in [0, 0.05) is 12.5 Å². The van der Waals surface area contributed by atoms with Crippen LogP contribution in [0.3, 0.4) is 0 Å². The van der Waals surface area contributed by atoms with Crippen LogP contribution in [0, 0.1) is 10.1 Å². The molecule has 0 radical (unpaired) electrons. The minimum Gasteiger partial charge on any atom is -0.504 e. The molecule has 0 aliphatic carbocycles. The maximum Gasteiger partial charge on any atom is 0.315 e. The van der Waals surface area contributed by atoms with Crippen molar-refractivity contribution in [1.29, 1.82) is 0 Å². The van der Waals surface area contributed by atoms with Crippen LogP contribution in [-0.4, -0.2) is 40.6 Å². The van der Waals surface area contributed by atoms with Gasteiger partial charge in [0.1, 0.15) is 0 Å². The van der Waals surface area contributed by atoms with E-state index in [1.165, 1.54) is 12.1 Å². The van der Waals surface area contributed by atoms with Gasteiger partial charge >= 0.3 is 5.69 Å². The van der Waals surface area contributed by atoms with E-state index in [1.807, 2.05) is 0 Å². The van der Waals surface area contributed by atoms with Gasteiger partial charge in [-0.15, -0.1) is 0 Å². The second kappa shape index (κ2) is 6.71. The van der Waals surface area contributed by atoms with Gasteiger partial charge in [0.25, 0.3) is 5.89 Å². The van der Waals surface area contributed by atoms with Crippen molar-refractivity contribution in [2.75, 3.05) is 0 Å². The van der Waals surface area contributed by atoms with Crippen LogP contribution in [0.2, 0.25) is 0 Å². The van der Waals surface area contributed by atoms with Gasteiger partial charge in [-0.05, 0) is 24.1 Å². The Hall–Kier alpha value is -4.02. The number of benzene rings is 2. The number of aromatic nitrogens is 2. The molecule has 0 atom stereocenters. The van der Waals surface area contributed by atoms with E-state index in [0.717, 1.165) is 12.1 Å². The molecule has 0 aliphatic rings. The van der Waals surface area contributed by atoms with Gasteiger partial charge in [-0.1, -0.05) is 11.2 Å². The van der Waals surface area contributed by atoms with Crippen molar-refractivity contribution in [2.24, 2.45) is 0 Å². The summed E-state index contributed by atoms with van der Waals surface area (Å²) in [5.74, 6) is -3.03. The van der Waals surface area contributed by atoms with Crippen molar-refractivity contribution < 1.29 is 35.0 Å². The zero-order valence-corrected chi connectivity index (χ0v) is 13.5. The Kier molecular flexibility index (Phi) is 4.42. The molecule has 0 bridgehead atoms. The molecule has 0 amide bonds. The van der Waals surface area contributed by atoms with Gasteiger partial charge in [0.15, 0.2) is 23.1 Å². The summed E-state index contributed by atoms with van der Waals surface area (Å²) in [5.41, 5.74) is -0.329. The molecule has 140 valence electrons. The van der Waals surface area contributed by atoms with Crippen molar-refractivity contribution in [3.05, 3.63) is 45.8 Å². The van der Waals surface area contributed by atoms with Gasteiger partial charge in [-0.3, -0.25) is 10.1 Å². The number of nitro groups is 1. The second-order valence-electron chi connectivity index (χ2n) is 5.58. The van der Waals surface area contributed by atoms with Crippen LogP contribution in [0.5, 0.6) is 28.7 Å². The first-order valence-electron chi connectivity index (χ1n) is 7.54. The van der Waals surface area contributed by atoms with E-state index in [4.69, 9.17) is 4.52 Å². The highest BCUT2D eigenvalue weighted by atomic mass is 16.6. The number of phenolic OH excluding ortho intramolecular Hbond substituents is 5. The lowest BCUT2D eigenvalue weighted by molar-refractivity contribution is -0.385. The van der Waals surface area contributed by atoms with E-state index < -0.39 is 39.4 Å². The van der Waals surface area contributed by atoms with Gasteiger partial charge in [0.05, 0.1) is 10.5 Å². The van der Waals surface area contributed by atoms with Crippen LogP contribution in [0.1, 0.15) is 11.4 Å². The summed E-state index contributed by atoms with van der Waals surface area (Å²) in [6.07, 6.45) is 0.396. The molecule has 27 heavy (non-hydrogen) atoms. The first-order chi connectivity index (χ1) is 12.8. The molecule has 0 unspecified atom stereocenters. The third-order valence-electron chi connectivity index (χ3n) is 3.81. The van der Waals surface area contributed by atoms with Gasteiger partial charge in [-0.2, -0.15) is 4.98 Å². The molecule has 11 nitrogen and oxygen atoms in total. The monoisotopic (exact) mass is 375 g/mol. The maximum atomic E-state index is 10.9. The van der Waals surface area contributed by atoms with Crippen LogP contribution in [0.4, 0.5) is 5.69 Å². The summed E-state index contributed by atoms with van der Waals surface area (Å²) < 4.78 is 5.01. The lowest BCUT2D eigenvalue weighted by Gasteiger charge is -2.06. The molecular formula is C16H13N3O8. The topological polar surface area (TPSA) is 183 Å². The Bertz CT molecular complexity index is 1030. The van der Waals surface area contributed by atoms with E-state index >= 15 is 0 Å². The van der Waals surface area contributed by atoms with Crippen LogP contribution in [-0.2, 0) is 12.8 Å². The average molecular weight is 375 g/mol. The van der Waals surface area contributed by atoms with Crippen molar-refractivity contribution >= 4 is 5.69 Å². The Morgan fingerprint density at radius 2 is 1.70 bits per heavy atom. The van der Waals surface area contributed by atoms with Crippen molar-refractivity contribution in [1.82, 2.24) is 10.1 Å². The predicted molar refractivity (Wildman–Crippen MR) is 88.6 cm³/mol. The number of rotatable bonds is 5. The van der Waals surface area contributed by atoms with E-state index in [-0.39, 0.29) is 30.1 Å². The SMILES string of the molecule is O=[N+]([O-])c1cc(-c2nc(CCc3ccc(O)c(O)c3O)no2)cc(O)c1O. The second-order valence-corrected chi connectivity index (χ2v) is 5.58. The first kappa shape index (κ1) is 17.8. The minimum atomic E-state index is -0.869. The smallest absolute Gasteiger partial charge is 0.315 e. The zero-order valence-electron chi connectivity index (χ0n) is 13.5. The summed E-state index contributed by atoms with van der Waals surface area (Å²) in [4.78, 5) is 14.1. The van der Waals surface area contributed by atoms with E-state index in [2.05, 4.69) is 10.1 Å². The third kappa shape index (κ3) is 3.38. The van der Waals surface area contributed by atoms with Crippen LogP contribution in [0.25, 0.3) is 11.5 Å². The molecule has 3 rings (SSSR count). The third-order valence-corrected chi connectivity index (χ3v) is 3.81. The molecular weight excluding hydrogens is 362 g/mol. The molecule has 2 aromatic carbocycles. The number of hydrogen-bond donors (Lipinski definition) is 5. The highest BCUT2D eigenvalue weighted by Crippen LogP contribution is 2.39. The molecule has 0 aliphatic heterocycles. The first-order valence-corrected chi connectivity index (χ1v) is 7.54. The molecule has 0 saturated carbocycles. The molecule has 3 aromatic rings. The van der Waals surface area contributed by atoms with Gasteiger partial charge < -0.3 is 30.1 Å². The molecule has 5 N–H and O–H groups in total. The van der Waals surface area contributed by atoms with Gasteiger partial charge in [0.2, 0.25) is 11.5 Å². The number of hydrogen-bond acceptors (Lipinski definition) is 10. The quantitative estimate of drug-likeness (QED) is 0.251. The molecule has 0 saturated heterocycles. The summed E-state index contributed by atoms with van der Waals surface area (Å²) in [5, 5.41) is 62.3. The Labute approximate surface area is 150 Å². The highest BCUT2D eigenvalue weighted by Gasteiger charge is 2.22. The summed E-state index contributed by atoms with van der Waals surface area (Å²) in [6, 6.07) is 4.68. The van der Waals surface area contributed by atoms with E-state index in [1.54, 1.807) is 0 Å². The molecule has 0 spiro atoms. The number of nitro benzene ring substituents is 1. The number of aromatic hydroxyl groups is 5. The largest absolute Gasteiger partial charge is 0.504 e. The lowest BCUT2D eigenvalue weighted by atomic mass is 10.1. The standard InChI is InChI=1S/C16H13N3O8/c20-10-3-1-7(13(22)15(10)24)2-4-12-17-16(27-18-12)8-5-9(19(25)26)14(23)11(21)6-8/h1,3,5-6,20-24H,2,4H2. The van der Waals surface area contributed by atoms with Crippen LogP contribution >= 0.6 is 0 Å². The summed E-state index contributed by atoms with van der Waals surface area (Å²) in [6.45, 7) is 0. The van der Waals surface area contributed by atoms with Crippen molar-refractivity contribution in [3.63, 3.8) is 0 Å². The summed E-state index contributed by atoms with van der Waals surface area (Å²) in [7, 11) is 0. The number of nitrogens with zero attached hydrogens (tertiary/aromatic N) is 3. The van der Waals surface area contributed by atoms with Crippen LogP contribution < -0.4 is 0 Å². The molecule has 0 fully saturated rings. The predicted octanol–water partition coefficient (Wildman–Crippen LogP) is 1.96. The fourth-order valence-electron chi connectivity index (χ4n) is 2.40. The number of aryl methyl sites for hydroxylation is 2. The fraction of sp³-hybridized carbons (Fsp3) is 0.125.